The quantitative estimate of drug-likeness (QED) is 0.182. The van der Waals surface area contributed by atoms with Gasteiger partial charge in [-0.15, -0.1) is 0 Å². The SMILES string of the molecule is COc1cc(/C=N\NC(=O)[C@H](Cc2c[nH]c3ccccc23)NC(=O)OCc2ccccc2)cc(Br)c1OC. The average molecular weight is 579 g/mol. The average Bonchev–Trinajstić information content (AvgIpc) is 3.34. The van der Waals surface area contributed by atoms with Crippen LogP contribution in [0.15, 0.2) is 82.5 Å². The lowest BCUT2D eigenvalue weighted by atomic mass is 10.0. The molecular weight excluding hydrogens is 552 g/mol. The van der Waals surface area contributed by atoms with E-state index in [1.54, 1.807) is 19.2 Å². The van der Waals surface area contributed by atoms with Gasteiger partial charge >= 0.3 is 6.09 Å². The molecule has 0 bridgehead atoms. The minimum atomic E-state index is -0.938. The molecule has 9 nitrogen and oxygen atoms in total. The molecule has 0 saturated carbocycles. The van der Waals surface area contributed by atoms with Crippen LogP contribution in [0, 0.1) is 0 Å². The molecular formula is C28H27BrN4O5. The summed E-state index contributed by atoms with van der Waals surface area (Å²) in [5.41, 5.74) is 5.83. The van der Waals surface area contributed by atoms with E-state index in [1.807, 2.05) is 60.8 Å². The van der Waals surface area contributed by atoms with Crippen LogP contribution in [-0.4, -0.2) is 43.5 Å². The van der Waals surface area contributed by atoms with Crippen molar-refractivity contribution in [1.29, 1.82) is 0 Å². The fourth-order valence-electron chi connectivity index (χ4n) is 3.90. The molecule has 196 valence electrons. The van der Waals surface area contributed by atoms with Crippen LogP contribution in [0.3, 0.4) is 0 Å². The first kappa shape index (κ1) is 26.7. The third kappa shape index (κ3) is 6.71. The van der Waals surface area contributed by atoms with E-state index in [4.69, 9.17) is 14.2 Å². The number of benzene rings is 3. The van der Waals surface area contributed by atoms with Crippen LogP contribution < -0.4 is 20.2 Å². The van der Waals surface area contributed by atoms with Gasteiger partial charge in [0, 0.05) is 23.5 Å². The van der Waals surface area contributed by atoms with Crippen LogP contribution in [0.2, 0.25) is 0 Å². The number of nitrogens with one attached hydrogen (secondary N) is 3. The Bertz CT molecular complexity index is 1440. The minimum Gasteiger partial charge on any atom is -0.493 e. The monoisotopic (exact) mass is 578 g/mol. The molecule has 0 fully saturated rings. The maximum atomic E-state index is 13.1. The maximum absolute atomic E-state index is 13.1. The van der Waals surface area contributed by atoms with Crippen molar-refractivity contribution >= 4 is 45.0 Å². The highest BCUT2D eigenvalue weighted by Crippen LogP contribution is 2.35. The number of aromatic amines is 1. The van der Waals surface area contributed by atoms with Crippen LogP contribution in [0.4, 0.5) is 4.79 Å². The van der Waals surface area contributed by atoms with E-state index in [0.29, 0.717) is 21.5 Å². The number of carbonyl (C=O) groups excluding carboxylic acids is 2. The Kier molecular flexibility index (Phi) is 8.99. The Morgan fingerprint density at radius 2 is 1.82 bits per heavy atom. The van der Waals surface area contributed by atoms with Gasteiger partial charge in [0.1, 0.15) is 12.6 Å². The number of halogens is 1. The third-order valence-corrected chi connectivity index (χ3v) is 6.35. The molecule has 4 aromatic rings. The van der Waals surface area contributed by atoms with Crippen molar-refractivity contribution in [3.8, 4) is 11.5 Å². The topological polar surface area (TPSA) is 114 Å². The van der Waals surface area contributed by atoms with Crippen LogP contribution in [0.25, 0.3) is 10.9 Å². The minimum absolute atomic E-state index is 0.0838. The molecule has 1 heterocycles. The number of ether oxygens (including phenoxy) is 3. The number of hydrazone groups is 1. The molecule has 10 heteroatoms. The van der Waals surface area contributed by atoms with Crippen molar-refractivity contribution in [2.45, 2.75) is 19.1 Å². The van der Waals surface area contributed by atoms with E-state index < -0.39 is 18.0 Å². The standard InChI is InChI=1S/C28H27BrN4O5/c1-36-25-13-19(12-22(29)26(25)37-2)15-31-33-27(34)24(14-20-16-30-23-11-7-6-10-21(20)23)32-28(35)38-17-18-8-4-3-5-9-18/h3-13,15-16,24,30H,14,17H2,1-2H3,(H,32,35)(H,33,34)/b31-15-/t24-/m0/s1. The first-order valence-electron chi connectivity index (χ1n) is 11.7. The fourth-order valence-corrected chi connectivity index (χ4v) is 4.52. The molecule has 0 aliphatic heterocycles. The number of alkyl carbamates (subject to hydrolysis) is 1. The van der Waals surface area contributed by atoms with Crippen LogP contribution in [0.5, 0.6) is 11.5 Å². The van der Waals surface area contributed by atoms with Gasteiger partial charge in [-0.1, -0.05) is 48.5 Å². The number of fused-ring (bicyclic) bond motifs is 1. The van der Waals surface area contributed by atoms with Crippen molar-refractivity contribution in [2.75, 3.05) is 14.2 Å². The summed E-state index contributed by atoms with van der Waals surface area (Å²) < 4.78 is 16.7. The van der Waals surface area contributed by atoms with Gasteiger partial charge in [0.25, 0.3) is 5.91 Å². The Morgan fingerprint density at radius 3 is 2.58 bits per heavy atom. The molecule has 2 amide bonds. The largest absolute Gasteiger partial charge is 0.493 e. The number of hydrogen-bond donors (Lipinski definition) is 3. The third-order valence-electron chi connectivity index (χ3n) is 5.76. The summed E-state index contributed by atoms with van der Waals surface area (Å²) in [4.78, 5) is 28.9. The van der Waals surface area contributed by atoms with E-state index in [2.05, 4.69) is 36.8 Å². The molecule has 0 spiro atoms. The Balaban J connectivity index is 1.48. The summed E-state index contributed by atoms with van der Waals surface area (Å²) in [7, 11) is 3.08. The highest BCUT2D eigenvalue weighted by molar-refractivity contribution is 9.10. The second kappa shape index (κ2) is 12.8. The summed E-state index contributed by atoms with van der Waals surface area (Å²) >= 11 is 3.44. The molecule has 0 aliphatic carbocycles. The van der Waals surface area contributed by atoms with E-state index >= 15 is 0 Å². The predicted molar refractivity (Wildman–Crippen MR) is 149 cm³/mol. The molecule has 3 aromatic carbocycles. The number of nitrogens with zero attached hydrogens (tertiary/aromatic N) is 1. The normalized spacial score (nSPS) is 11.8. The molecule has 0 radical (unpaired) electrons. The number of H-pyrrole nitrogens is 1. The number of hydrogen-bond acceptors (Lipinski definition) is 6. The van der Waals surface area contributed by atoms with E-state index in [1.165, 1.54) is 13.3 Å². The van der Waals surface area contributed by atoms with Gasteiger partial charge in [0.05, 0.1) is 24.9 Å². The first-order chi connectivity index (χ1) is 18.5. The first-order valence-corrected chi connectivity index (χ1v) is 12.5. The Labute approximate surface area is 228 Å². The lowest BCUT2D eigenvalue weighted by Crippen LogP contribution is -2.47. The molecule has 0 aliphatic rings. The molecule has 4 rings (SSSR count). The number of carbonyl (C=O) groups is 2. The number of rotatable bonds is 10. The number of amides is 2. The highest BCUT2D eigenvalue weighted by atomic mass is 79.9. The second-order valence-electron chi connectivity index (χ2n) is 8.29. The smallest absolute Gasteiger partial charge is 0.408 e. The summed E-state index contributed by atoms with van der Waals surface area (Å²) in [6, 6.07) is 19.6. The van der Waals surface area contributed by atoms with E-state index in [9.17, 15) is 9.59 Å². The maximum Gasteiger partial charge on any atom is 0.408 e. The summed E-state index contributed by atoms with van der Waals surface area (Å²) in [5, 5.41) is 7.72. The fraction of sp³-hybridized carbons (Fsp3) is 0.179. The summed E-state index contributed by atoms with van der Waals surface area (Å²) in [5.74, 6) is 0.558. The summed E-state index contributed by atoms with van der Waals surface area (Å²) in [6.45, 7) is 0.0838. The number of para-hydroxylation sites is 1. The van der Waals surface area contributed by atoms with E-state index in [-0.39, 0.29) is 13.0 Å². The van der Waals surface area contributed by atoms with E-state index in [0.717, 1.165) is 22.0 Å². The van der Waals surface area contributed by atoms with Crippen molar-refractivity contribution in [1.82, 2.24) is 15.7 Å². The second-order valence-corrected chi connectivity index (χ2v) is 9.15. The van der Waals surface area contributed by atoms with Gasteiger partial charge < -0.3 is 24.5 Å². The Morgan fingerprint density at radius 1 is 1.05 bits per heavy atom. The number of aromatic nitrogens is 1. The lowest BCUT2D eigenvalue weighted by Gasteiger charge is -2.17. The molecule has 0 unspecified atom stereocenters. The molecule has 38 heavy (non-hydrogen) atoms. The zero-order chi connectivity index (χ0) is 26.9. The zero-order valence-electron chi connectivity index (χ0n) is 20.9. The van der Waals surface area contributed by atoms with Gasteiger partial charge in [-0.25, -0.2) is 10.2 Å². The van der Waals surface area contributed by atoms with Crippen molar-refractivity contribution < 1.29 is 23.8 Å². The summed E-state index contributed by atoms with van der Waals surface area (Å²) in [6.07, 6.45) is 2.82. The molecule has 0 saturated heterocycles. The van der Waals surface area contributed by atoms with Crippen LogP contribution in [-0.2, 0) is 22.6 Å². The van der Waals surface area contributed by atoms with Crippen molar-refractivity contribution in [3.63, 3.8) is 0 Å². The van der Waals surface area contributed by atoms with Gasteiger partial charge in [-0.2, -0.15) is 5.10 Å². The molecule has 1 atom stereocenters. The molecule has 3 N–H and O–H groups in total. The van der Waals surface area contributed by atoms with Gasteiger partial charge in [-0.05, 0) is 50.8 Å². The Hall–Kier alpha value is -4.31. The predicted octanol–water partition coefficient (Wildman–Crippen LogP) is 4.94. The molecule has 1 aromatic heterocycles. The van der Waals surface area contributed by atoms with Crippen LogP contribution >= 0.6 is 15.9 Å². The highest BCUT2D eigenvalue weighted by Gasteiger charge is 2.23. The van der Waals surface area contributed by atoms with Gasteiger partial charge in [0.2, 0.25) is 0 Å². The van der Waals surface area contributed by atoms with Crippen molar-refractivity contribution in [2.24, 2.45) is 5.10 Å². The van der Waals surface area contributed by atoms with Crippen molar-refractivity contribution in [3.05, 3.63) is 94.1 Å². The number of methoxy groups -OCH3 is 2. The zero-order valence-corrected chi connectivity index (χ0v) is 22.4. The van der Waals surface area contributed by atoms with Gasteiger partial charge in [-0.3, -0.25) is 4.79 Å². The van der Waals surface area contributed by atoms with Crippen LogP contribution in [0.1, 0.15) is 16.7 Å². The lowest BCUT2D eigenvalue weighted by molar-refractivity contribution is -0.123. The van der Waals surface area contributed by atoms with Gasteiger partial charge in [0.15, 0.2) is 11.5 Å².